The van der Waals surface area contributed by atoms with Gasteiger partial charge in [0, 0.05) is 40.6 Å². The lowest BCUT2D eigenvalue weighted by Gasteiger charge is -2.42. The maximum atomic E-state index is 14.9. The lowest BCUT2D eigenvalue weighted by Crippen LogP contribution is -2.58. The van der Waals surface area contributed by atoms with Crippen LogP contribution in [0.2, 0.25) is 5.02 Å². The fraction of sp³-hybridized carbons (Fsp3) is 0.387. The number of rotatable bonds is 7. The second kappa shape index (κ2) is 11.0. The van der Waals surface area contributed by atoms with E-state index in [0.717, 1.165) is 0 Å². The van der Waals surface area contributed by atoms with Gasteiger partial charge in [-0.25, -0.2) is 4.79 Å². The Labute approximate surface area is 253 Å². The van der Waals surface area contributed by atoms with E-state index in [1.54, 1.807) is 26.0 Å². The van der Waals surface area contributed by atoms with E-state index in [4.69, 9.17) is 44.8 Å². The Bertz CT molecular complexity index is 1630. The number of ketones is 2. The highest BCUT2D eigenvalue weighted by Gasteiger charge is 2.64. The van der Waals surface area contributed by atoms with Crippen molar-refractivity contribution in [1.82, 2.24) is 5.32 Å². The van der Waals surface area contributed by atoms with Crippen LogP contribution in [0.15, 0.2) is 40.7 Å². The molecule has 0 fully saturated rings. The van der Waals surface area contributed by atoms with Gasteiger partial charge in [-0.05, 0) is 19.4 Å². The molecule has 3 aliphatic rings. The minimum Gasteiger partial charge on any atom is -0.496 e. The molecule has 0 bridgehead atoms. The number of esters is 1. The Balaban J connectivity index is 1.77. The van der Waals surface area contributed by atoms with Crippen molar-refractivity contribution in [2.24, 2.45) is 5.92 Å². The number of hydrogen-bond acceptors (Lipinski definition) is 11. The fourth-order valence-electron chi connectivity index (χ4n) is 6.24. The van der Waals surface area contributed by atoms with Crippen molar-refractivity contribution >= 4 is 29.1 Å². The van der Waals surface area contributed by atoms with E-state index in [-0.39, 0.29) is 45.4 Å². The molecule has 5 rings (SSSR count). The monoisotopic (exact) mass is 613 g/mol. The Hall–Kier alpha value is -4.38. The summed E-state index contributed by atoms with van der Waals surface area (Å²) in [5.41, 5.74) is -0.199. The van der Waals surface area contributed by atoms with E-state index >= 15 is 0 Å². The molecule has 43 heavy (non-hydrogen) atoms. The molecular weight excluding hydrogens is 582 g/mol. The standard InChI is InChI=1S/C31H32ClNO10/c1-13-9-16-24(28(34)31(13)29(35)25-20(40-6)12-21(41-7)26(32)27(25)43-31)23(22(14(2)33-16)30(36)42-8)15-10-18(38-4)19(39-5)11-17(15)37-3/h10-13,23,33H,9H2,1-8H3/t13-,23?,31+/m1/s1. The molecule has 0 aromatic heterocycles. The first kappa shape index (κ1) is 30.1. The summed E-state index contributed by atoms with van der Waals surface area (Å²) in [5.74, 6) is -2.15. The van der Waals surface area contributed by atoms with Crippen molar-refractivity contribution in [1.29, 1.82) is 0 Å². The molecule has 2 heterocycles. The Morgan fingerprint density at radius 1 is 0.884 bits per heavy atom. The van der Waals surface area contributed by atoms with E-state index in [0.29, 0.717) is 34.2 Å². The van der Waals surface area contributed by atoms with Crippen LogP contribution in [0.1, 0.15) is 42.1 Å². The molecule has 11 nitrogen and oxygen atoms in total. The maximum absolute atomic E-state index is 14.9. The number of halogens is 1. The molecule has 2 aromatic carbocycles. The lowest BCUT2D eigenvalue weighted by molar-refractivity contribution is -0.136. The maximum Gasteiger partial charge on any atom is 0.336 e. The molecule has 1 aliphatic carbocycles. The third-order valence-corrected chi connectivity index (χ3v) is 8.66. The number of carbonyl (C=O) groups is 3. The van der Waals surface area contributed by atoms with Crippen molar-refractivity contribution in [3.63, 3.8) is 0 Å². The molecule has 1 N–H and O–H groups in total. The summed E-state index contributed by atoms with van der Waals surface area (Å²) in [6.07, 6.45) is 0.232. The van der Waals surface area contributed by atoms with Gasteiger partial charge in [0.15, 0.2) is 17.2 Å². The minimum absolute atomic E-state index is 0.00366. The largest absolute Gasteiger partial charge is 0.496 e. The summed E-state index contributed by atoms with van der Waals surface area (Å²) in [5, 5.41) is 3.27. The van der Waals surface area contributed by atoms with E-state index < -0.39 is 35.0 Å². The molecule has 0 radical (unpaired) electrons. The lowest BCUT2D eigenvalue weighted by atomic mass is 9.65. The number of nitrogens with one attached hydrogen (secondary N) is 1. The molecule has 12 heteroatoms. The second-order valence-electron chi connectivity index (χ2n) is 10.3. The highest BCUT2D eigenvalue weighted by Crippen LogP contribution is 2.57. The van der Waals surface area contributed by atoms with Gasteiger partial charge in [0.25, 0.3) is 0 Å². The second-order valence-corrected chi connectivity index (χ2v) is 10.7. The number of allylic oxidation sites excluding steroid dienone is 2. The molecule has 1 spiro atoms. The topological polar surface area (TPSA) is 128 Å². The predicted molar refractivity (Wildman–Crippen MR) is 155 cm³/mol. The van der Waals surface area contributed by atoms with Crippen LogP contribution in [0.4, 0.5) is 0 Å². The van der Waals surface area contributed by atoms with Crippen LogP contribution in [-0.4, -0.2) is 65.8 Å². The van der Waals surface area contributed by atoms with Gasteiger partial charge in [-0.2, -0.15) is 0 Å². The number of fused-ring (bicyclic) bond motifs is 1. The number of benzene rings is 2. The molecule has 0 amide bonds. The third kappa shape index (κ3) is 4.20. The SMILES string of the molecule is COC(=O)C1=C(C)NC2=C(C(=O)[C@@]3(Oc4c(Cl)c(OC)cc(OC)c4C3=O)[C@H](C)C2)C1c1cc(OC)c(OC)cc1OC. The van der Waals surface area contributed by atoms with Crippen molar-refractivity contribution in [2.75, 3.05) is 42.7 Å². The van der Waals surface area contributed by atoms with Gasteiger partial charge in [0.05, 0.1) is 54.1 Å². The highest BCUT2D eigenvalue weighted by molar-refractivity contribution is 6.36. The first-order valence-electron chi connectivity index (χ1n) is 13.4. The summed E-state index contributed by atoms with van der Waals surface area (Å²) in [7, 11) is 8.49. The van der Waals surface area contributed by atoms with Crippen LogP contribution in [0, 0.1) is 5.92 Å². The smallest absolute Gasteiger partial charge is 0.336 e. The van der Waals surface area contributed by atoms with Gasteiger partial charge < -0.3 is 38.5 Å². The average molecular weight is 614 g/mol. The van der Waals surface area contributed by atoms with Crippen molar-refractivity contribution < 1.29 is 47.5 Å². The van der Waals surface area contributed by atoms with Gasteiger partial charge in [0.1, 0.15) is 27.8 Å². The quantitative estimate of drug-likeness (QED) is 0.353. The van der Waals surface area contributed by atoms with Crippen LogP contribution < -0.4 is 33.7 Å². The Morgan fingerprint density at radius 3 is 2.05 bits per heavy atom. The molecule has 1 unspecified atom stereocenters. The highest BCUT2D eigenvalue weighted by atomic mass is 35.5. The Kier molecular flexibility index (Phi) is 7.72. The summed E-state index contributed by atoms with van der Waals surface area (Å²) in [6.45, 7) is 3.48. The minimum atomic E-state index is -2.00. The van der Waals surface area contributed by atoms with Crippen LogP contribution in [0.5, 0.6) is 34.5 Å². The zero-order chi connectivity index (χ0) is 31.4. The van der Waals surface area contributed by atoms with Gasteiger partial charge in [0.2, 0.25) is 17.2 Å². The summed E-state index contributed by atoms with van der Waals surface area (Å²) in [4.78, 5) is 42.6. The average Bonchev–Trinajstić information content (AvgIpc) is 3.33. The van der Waals surface area contributed by atoms with E-state index in [1.807, 2.05) is 0 Å². The molecule has 2 aromatic rings. The van der Waals surface area contributed by atoms with Crippen LogP contribution in [-0.2, 0) is 14.3 Å². The zero-order valence-electron chi connectivity index (χ0n) is 25.1. The first-order valence-corrected chi connectivity index (χ1v) is 13.7. The number of carbonyl (C=O) groups excluding carboxylic acids is 3. The van der Waals surface area contributed by atoms with E-state index in [2.05, 4.69) is 5.32 Å². The number of dihydropyridines is 1. The van der Waals surface area contributed by atoms with E-state index in [1.165, 1.54) is 48.7 Å². The van der Waals surface area contributed by atoms with Crippen molar-refractivity contribution in [3.8, 4) is 34.5 Å². The molecule has 228 valence electrons. The summed E-state index contributed by atoms with van der Waals surface area (Å²) >= 11 is 6.61. The van der Waals surface area contributed by atoms with E-state index in [9.17, 15) is 14.4 Å². The van der Waals surface area contributed by atoms with Crippen LogP contribution in [0.3, 0.4) is 0 Å². The summed E-state index contributed by atoms with van der Waals surface area (Å²) in [6, 6.07) is 4.73. The molecular formula is C31H32ClNO10. The van der Waals surface area contributed by atoms with Gasteiger partial charge in [-0.15, -0.1) is 0 Å². The van der Waals surface area contributed by atoms with Crippen LogP contribution in [0.25, 0.3) is 0 Å². The summed E-state index contributed by atoms with van der Waals surface area (Å²) < 4.78 is 39.1. The Morgan fingerprint density at radius 2 is 1.47 bits per heavy atom. The fourth-order valence-corrected chi connectivity index (χ4v) is 6.51. The van der Waals surface area contributed by atoms with Crippen molar-refractivity contribution in [2.45, 2.75) is 31.8 Å². The van der Waals surface area contributed by atoms with Crippen LogP contribution >= 0.6 is 11.6 Å². The van der Waals surface area contributed by atoms with Gasteiger partial charge in [-0.1, -0.05) is 18.5 Å². The third-order valence-electron chi connectivity index (χ3n) is 8.30. The zero-order valence-corrected chi connectivity index (χ0v) is 25.8. The van der Waals surface area contributed by atoms with Gasteiger partial charge >= 0.3 is 5.97 Å². The molecule has 3 atom stereocenters. The first-order chi connectivity index (χ1) is 20.5. The predicted octanol–water partition coefficient (Wildman–Crippen LogP) is 4.39. The number of ether oxygens (including phenoxy) is 7. The normalized spacial score (nSPS) is 22.4. The number of methoxy groups -OCH3 is 6. The molecule has 0 saturated heterocycles. The number of hydrogen-bond donors (Lipinski definition) is 1. The molecule has 0 saturated carbocycles. The number of Topliss-reactive ketones (excluding diaryl/α,β-unsaturated/α-hetero) is 2. The van der Waals surface area contributed by atoms with Crippen molar-refractivity contribution in [3.05, 3.63) is 56.9 Å². The molecule has 2 aliphatic heterocycles. The van der Waals surface area contributed by atoms with Gasteiger partial charge in [-0.3, -0.25) is 9.59 Å².